The number of anilines is 3. The molecule has 0 fully saturated rings. The van der Waals surface area contributed by atoms with Gasteiger partial charge in [0.05, 0.1) is 22.1 Å². The van der Waals surface area contributed by atoms with Gasteiger partial charge in [-0.3, -0.25) is 0 Å². The summed E-state index contributed by atoms with van der Waals surface area (Å²) in [5.74, 6) is 0. The Kier molecular flexibility index (Phi) is 8.84. The van der Waals surface area contributed by atoms with Crippen molar-refractivity contribution < 1.29 is 0 Å². The van der Waals surface area contributed by atoms with Gasteiger partial charge in [0, 0.05) is 33.4 Å². The third-order valence-corrected chi connectivity index (χ3v) is 14.8. The topological polar surface area (TPSA) is 8.17 Å². The van der Waals surface area contributed by atoms with Gasteiger partial charge >= 0.3 is 0 Å². The first-order valence-corrected chi connectivity index (χ1v) is 23.9. The van der Waals surface area contributed by atoms with Crippen LogP contribution in [-0.2, 0) is 5.41 Å². The third-order valence-electron chi connectivity index (χ3n) is 14.8. The van der Waals surface area contributed by atoms with Crippen LogP contribution in [0.5, 0.6) is 0 Å². The van der Waals surface area contributed by atoms with Crippen molar-refractivity contribution in [2.45, 2.75) is 5.41 Å². The maximum Gasteiger partial charge on any atom is 0.0726 e. The Morgan fingerprint density at radius 2 is 0.754 bits per heavy atom. The number of benzene rings is 11. The predicted octanol–water partition coefficient (Wildman–Crippen LogP) is 17.6. The lowest BCUT2D eigenvalue weighted by atomic mass is 9.70. The molecule has 1 aromatic heterocycles. The molecule has 0 saturated carbocycles. The standard InChI is InChI=1S/C67H44N2/c1-4-20-45(21-5-1)48-36-39-66(59(42-48)47-24-8-3-9-25-47)68(51-40-49(46-22-6-2-7-23-46)41-52(43-51)69-64-34-18-13-29-57(64)58-30-14-19-35-65(58)69)50-37-38-56-55-28-12-17-33-62(55)67(63(56)44-50)60-31-15-10-26-53(60)54-27-11-16-32-61(54)67/h1-44H. The summed E-state index contributed by atoms with van der Waals surface area (Å²) in [7, 11) is 0. The predicted molar refractivity (Wildman–Crippen MR) is 288 cm³/mol. The van der Waals surface area contributed by atoms with E-state index in [4.69, 9.17) is 0 Å². The monoisotopic (exact) mass is 876 g/mol. The highest BCUT2D eigenvalue weighted by atomic mass is 15.1. The average molecular weight is 877 g/mol. The van der Waals surface area contributed by atoms with Gasteiger partial charge in [0.25, 0.3) is 0 Å². The van der Waals surface area contributed by atoms with Crippen LogP contribution in [0.1, 0.15) is 22.3 Å². The van der Waals surface area contributed by atoms with Crippen LogP contribution in [0, 0.1) is 0 Å². The van der Waals surface area contributed by atoms with E-state index in [0.717, 1.165) is 45.0 Å². The Hall–Kier alpha value is -8.98. The Morgan fingerprint density at radius 3 is 1.33 bits per heavy atom. The molecule has 0 aliphatic heterocycles. The molecule has 1 spiro atoms. The number of hydrogen-bond acceptors (Lipinski definition) is 1. The molecular formula is C67H44N2. The first-order valence-electron chi connectivity index (χ1n) is 23.9. The Balaban J connectivity index is 1.09. The minimum atomic E-state index is -0.500. The first kappa shape index (κ1) is 39.2. The van der Waals surface area contributed by atoms with Crippen molar-refractivity contribution in [2.24, 2.45) is 0 Å². The normalized spacial score (nSPS) is 12.8. The molecular weight excluding hydrogens is 833 g/mol. The van der Waals surface area contributed by atoms with Gasteiger partial charge in [-0.25, -0.2) is 0 Å². The van der Waals surface area contributed by atoms with Crippen LogP contribution in [-0.4, -0.2) is 4.57 Å². The summed E-state index contributed by atoms with van der Waals surface area (Å²) in [6.07, 6.45) is 0. The van der Waals surface area contributed by atoms with Crippen molar-refractivity contribution >= 4 is 38.9 Å². The van der Waals surface area contributed by atoms with Crippen LogP contribution in [0.25, 0.3) is 83.1 Å². The van der Waals surface area contributed by atoms with E-state index in [-0.39, 0.29) is 0 Å². The van der Waals surface area contributed by atoms with E-state index in [2.05, 4.69) is 276 Å². The van der Waals surface area contributed by atoms with Crippen LogP contribution in [0.4, 0.5) is 17.1 Å². The molecule has 2 aliphatic rings. The molecule has 14 rings (SSSR count). The summed E-state index contributed by atoms with van der Waals surface area (Å²) in [5, 5.41) is 2.47. The number of para-hydroxylation sites is 2. The summed E-state index contributed by atoms with van der Waals surface area (Å²) < 4.78 is 2.45. The lowest BCUT2D eigenvalue weighted by Gasteiger charge is -2.33. The fourth-order valence-electron chi connectivity index (χ4n) is 11.9. The molecule has 0 saturated heterocycles. The Morgan fingerprint density at radius 1 is 0.275 bits per heavy atom. The van der Waals surface area contributed by atoms with E-state index < -0.39 is 5.41 Å². The highest BCUT2D eigenvalue weighted by molar-refractivity contribution is 6.09. The van der Waals surface area contributed by atoms with Gasteiger partial charge in [0.15, 0.2) is 0 Å². The molecule has 2 aliphatic carbocycles. The van der Waals surface area contributed by atoms with Crippen molar-refractivity contribution in [1.29, 1.82) is 0 Å². The van der Waals surface area contributed by atoms with Gasteiger partial charge in [-0.1, -0.05) is 212 Å². The smallest absolute Gasteiger partial charge is 0.0726 e. The summed E-state index contributed by atoms with van der Waals surface area (Å²) in [6.45, 7) is 0. The molecule has 1 heterocycles. The number of fused-ring (bicyclic) bond motifs is 13. The van der Waals surface area contributed by atoms with Gasteiger partial charge in [0.1, 0.15) is 0 Å². The number of aromatic nitrogens is 1. The number of hydrogen-bond donors (Lipinski definition) is 0. The fourth-order valence-corrected chi connectivity index (χ4v) is 11.9. The molecule has 0 atom stereocenters. The Bertz CT molecular complexity index is 3840. The van der Waals surface area contributed by atoms with Gasteiger partial charge in [0.2, 0.25) is 0 Å². The molecule has 69 heavy (non-hydrogen) atoms. The van der Waals surface area contributed by atoms with E-state index in [0.29, 0.717) is 0 Å². The fraction of sp³-hybridized carbons (Fsp3) is 0.0149. The molecule has 11 aromatic carbocycles. The van der Waals surface area contributed by atoms with Crippen molar-refractivity contribution in [2.75, 3.05) is 4.90 Å². The van der Waals surface area contributed by atoms with Crippen molar-refractivity contribution in [3.05, 3.63) is 289 Å². The maximum absolute atomic E-state index is 2.53. The minimum absolute atomic E-state index is 0.500. The lowest BCUT2D eigenvalue weighted by molar-refractivity contribution is 0.793. The quantitative estimate of drug-likeness (QED) is 0.155. The molecule has 0 radical (unpaired) electrons. The van der Waals surface area contributed by atoms with E-state index in [9.17, 15) is 0 Å². The molecule has 2 nitrogen and oxygen atoms in total. The zero-order valence-electron chi connectivity index (χ0n) is 37.8. The van der Waals surface area contributed by atoms with Gasteiger partial charge in [-0.05, 0) is 127 Å². The van der Waals surface area contributed by atoms with Crippen LogP contribution in [0.2, 0.25) is 0 Å². The molecule has 0 unspecified atom stereocenters. The first-order chi connectivity index (χ1) is 34.2. The SMILES string of the molecule is c1ccc(-c2cc(N(c3ccc4c(c3)C3(c5ccccc5-c5ccccc53)c3ccccc3-4)c3ccc(-c4ccccc4)cc3-c3ccccc3)cc(-n3c4ccccc4c4ccccc43)c2)cc1. The maximum atomic E-state index is 2.53. The van der Waals surface area contributed by atoms with Crippen molar-refractivity contribution in [1.82, 2.24) is 4.57 Å². The zero-order chi connectivity index (χ0) is 45.5. The van der Waals surface area contributed by atoms with Crippen molar-refractivity contribution in [3.63, 3.8) is 0 Å². The molecule has 322 valence electrons. The van der Waals surface area contributed by atoms with E-state index >= 15 is 0 Å². The van der Waals surface area contributed by atoms with Gasteiger partial charge in [-0.2, -0.15) is 0 Å². The summed E-state index contributed by atoms with van der Waals surface area (Å²) >= 11 is 0. The lowest BCUT2D eigenvalue weighted by Crippen LogP contribution is -2.26. The molecule has 0 N–H and O–H groups in total. The highest BCUT2D eigenvalue weighted by Gasteiger charge is 2.51. The second kappa shape index (κ2) is 15.6. The van der Waals surface area contributed by atoms with Gasteiger partial charge in [-0.15, -0.1) is 0 Å². The number of rotatable bonds is 7. The third kappa shape index (κ3) is 5.92. The largest absolute Gasteiger partial charge is 0.310 e. The molecule has 2 heteroatoms. The zero-order valence-corrected chi connectivity index (χ0v) is 37.8. The number of nitrogens with zero attached hydrogens (tertiary/aromatic N) is 2. The van der Waals surface area contributed by atoms with Crippen LogP contribution in [0.15, 0.2) is 267 Å². The molecule has 0 amide bonds. The van der Waals surface area contributed by atoms with Crippen LogP contribution in [0.3, 0.4) is 0 Å². The summed E-state index contributed by atoms with van der Waals surface area (Å²) in [6, 6.07) is 98.9. The van der Waals surface area contributed by atoms with E-state index in [1.807, 2.05) is 0 Å². The summed E-state index contributed by atoms with van der Waals surface area (Å²) in [5.41, 5.74) is 23.6. The second-order valence-electron chi connectivity index (χ2n) is 18.4. The van der Waals surface area contributed by atoms with Gasteiger partial charge < -0.3 is 9.47 Å². The van der Waals surface area contributed by atoms with Crippen LogP contribution < -0.4 is 4.90 Å². The average Bonchev–Trinajstić information content (AvgIpc) is 4.04. The Labute approximate surface area is 402 Å². The second-order valence-corrected chi connectivity index (χ2v) is 18.4. The van der Waals surface area contributed by atoms with Crippen LogP contribution >= 0.6 is 0 Å². The van der Waals surface area contributed by atoms with E-state index in [1.165, 1.54) is 77.4 Å². The molecule has 12 aromatic rings. The minimum Gasteiger partial charge on any atom is -0.310 e. The van der Waals surface area contributed by atoms with E-state index in [1.54, 1.807) is 0 Å². The molecule has 0 bridgehead atoms. The highest BCUT2D eigenvalue weighted by Crippen LogP contribution is 2.63. The van der Waals surface area contributed by atoms with Crippen molar-refractivity contribution in [3.8, 4) is 61.3 Å². The summed E-state index contributed by atoms with van der Waals surface area (Å²) in [4.78, 5) is 2.53.